The van der Waals surface area contributed by atoms with Crippen LogP contribution in [-0.4, -0.2) is 31.0 Å². The van der Waals surface area contributed by atoms with Gasteiger partial charge < -0.3 is 14.2 Å². The molecule has 0 fully saturated rings. The van der Waals surface area contributed by atoms with Crippen LogP contribution in [0.3, 0.4) is 0 Å². The topological polar surface area (TPSA) is 107 Å². The van der Waals surface area contributed by atoms with Crippen LogP contribution in [0.1, 0.15) is 28.5 Å². The number of para-hydroxylation sites is 1. The molecular formula is C25H24N4O4S. The number of hydrazone groups is 1. The van der Waals surface area contributed by atoms with Gasteiger partial charge in [0, 0.05) is 11.5 Å². The third-order valence-electron chi connectivity index (χ3n) is 5.62. The number of hydrogen-bond donors (Lipinski definition) is 3. The summed E-state index contributed by atoms with van der Waals surface area (Å²) in [7, 11) is 3.20. The third kappa shape index (κ3) is 4.70. The van der Waals surface area contributed by atoms with Crippen molar-refractivity contribution in [3.8, 4) is 17.2 Å². The molecule has 0 saturated heterocycles. The van der Waals surface area contributed by atoms with Gasteiger partial charge in [-0.15, -0.1) is 0 Å². The van der Waals surface area contributed by atoms with E-state index in [2.05, 4.69) is 16.0 Å². The molecule has 0 unspecified atom stereocenters. The van der Waals surface area contributed by atoms with E-state index in [1.54, 1.807) is 20.3 Å². The number of methoxy groups -OCH3 is 2. The van der Waals surface area contributed by atoms with Crippen LogP contribution < -0.4 is 30.9 Å². The zero-order valence-electron chi connectivity index (χ0n) is 18.6. The zero-order valence-corrected chi connectivity index (χ0v) is 19.5. The first-order valence-corrected chi connectivity index (χ1v) is 10.9. The number of nitrogens with zero attached hydrogens (tertiary/aromatic N) is 1. The monoisotopic (exact) mass is 476 g/mol. The number of ether oxygens (including phenoxy) is 3. The smallest absolute Gasteiger partial charge is 0.320 e. The summed E-state index contributed by atoms with van der Waals surface area (Å²) in [4.78, 5) is 13.2. The van der Waals surface area contributed by atoms with Crippen molar-refractivity contribution in [1.82, 2.24) is 10.9 Å². The lowest BCUT2D eigenvalue weighted by atomic mass is 9.77. The van der Waals surface area contributed by atoms with Crippen molar-refractivity contribution in [3.63, 3.8) is 0 Å². The lowest BCUT2D eigenvalue weighted by molar-refractivity contribution is -0.134. The van der Waals surface area contributed by atoms with Crippen molar-refractivity contribution in [3.05, 3.63) is 89.5 Å². The van der Waals surface area contributed by atoms with Crippen molar-refractivity contribution in [1.29, 1.82) is 0 Å². The maximum absolute atomic E-state index is 13.2. The molecular weight excluding hydrogens is 452 g/mol. The first-order valence-electron chi connectivity index (χ1n) is 10.5. The third-order valence-corrected chi connectivity index (χ3v) is 5.83. The molecule has 0 saturated carbocycles. The molecule has 3 aromatic carbocycles. The summed E-state index contributed by atoms with van der Waals surface area (Å²) in [6, 6.07) is 22.3. The summed E-state index contributed by atoms with van der Waals surface area (Å²) >= 11 is 5.14. The summed E-state index contributed by atoms with van der Waals surface area (Å²) in [5.74, 6) is 5.87. The number of rotatable bonds is 7. The molecule has 1 aliphatic rings. The van der Waals surface area contributed by atoms with E-state index in [0.29, 0.717) is 23.0 Å². The number of hydrazine groups is 1. The van der Waals surface area contributed by atoms with Crippen LogP contribution in [0.4, 0.5) is 0 Å². The number of carbonyl (C=O) groups is 1. The van der Waals surface area contributed by atoms with Crippen molar-refractivity contribution < 1.29 is 19.0 Å². The fourth-order valence-corrected chi connectivity index (χ4v) is 4.03. The van der Waals surface area contributed by atoms with Gasteiger partial charge in [-0.2, -0.15) is 5.10 Å². The second-order valence-corrected chi connectivity index (χ2v) is 7.91. The second kappa shape index (κ2) is 10.3. The molecule has 0 amide bonds. The minimum absolute atomic E-state index is 0.133. The average molecular weight is 477 g/mol. The zero-order chi connectivity index (χ0) is 24.1. The number of thiocarbonyl (C=S) groups is 1. The van der Waals surface area contributed by atoms with E-state index >= 15 is 0 Å². The molecule has 0 aliphatic carbocycles. The Morgan fingerprint density at radius 2 is 1.62 bits per heavy atom. The summed E-state index contributed by atoms with van der Waals surface area (Å²) in [5, 5.41) is 4.73. The fraction of sp³-hybridized carbons (Fsp3) is 0.160. The highest BCUT2D eigenvalue weighted by molar-refractivity contribution is 7.80. The van der Waals surface area contributed by atoms with E-state index in [0.717, 1.165) is 16.7 Å². The molecule has 174 valence electrons. The predicted molar refractivity (Wildman–Crippen MR) is 133 cm³/mol. The van der Waals surface area contributed by atoms with E-state index < -0.39 is 11.8 Å². The Bertz CT molecular complexity index is 1210. The van der Waals surface area contributed by atoms with Crippen molar-refractivity contribution in [2.45, 2.75) is 11.8 Å². The summed E-state index contributed by atoms with van der Waals surface area (Å²) in [5.41, 5.74) is 8.11. The molecule has 3 aromatic rings. The van der Waals surface area contributed by atoms with Crippen molar-refractivity contribution in [2.75, 3.05) is 14.2 Å². The van der Waals surface area contributed by atoms with E-state index in [-0.39, 0.29) is 11.1 Å². The highest BCUT2D eigenvalue weighted by atomic mass is 32.1. The highest BCUT2D eigenvalue weighted by Crippen LogP contribution is 2.45. The Morgan fingerprint density at radius 1 is 1.00 bits per heavy atom. The molecule has 8 nitrogen and oxygen atoms in total. The fourth-order valence-electron chi connectivity index (χ4n) is 3.98. The van der Waals surface area contributed by atoms with Gasteiger partial charge in [0.15, 0.2) is 0 Å². The molecule has 0 bridgehead atoms. The van der Waals surface area contributed by atoms with Gasteiger partial charge in [-0.25, -0.2) is 5.84 Å². The lowest BCUT2D eigenvalue weighted by Crippen LogP contribution is -2.38. The number of carbonyl (C=O) groups excluding carboxylic acids is 1. The summed E-state index contributed by atoms with van der Waals surface area (Å²) in [6.45, 7) is 0. The molecule has 0 radical (unpaired) electrons. The van der Waals surface area contributed by atoms with Gasteiger partial charge >= 0.3 is 5.97 Å². The maximum Gasteiger partial charge on any atom is 0.320 e. The molecule has 1 heterocycles. The van der Waals surface area contributed by atoms with Crippen LogP contribution in [0.5, 0.6) is 17.2 Å². The molecule has 0 spiro atoms. The second-order valence-electron chi connectivity index (χ2n) is 7.50. The van der Waals surface area contributed by atoms with E-state index in [4.69, 9.17) is 32.3 Å². The Kier molecular flexibility index (Phi) is 7.05. The Labute approximate surface area is 202 Å². The summed E-state index contributed by atoms with van der Waals surface area (Å²) in [6.07, 6.45) is 0. The maximum atomic E-state index is 13.2. The highest BCUT2D eigenvalue weighted by Gasteiger charge is 2.42. The predicted octanol–water partition coefficient (Wildman–Crippen LogP) is 3.23. The van der Waals surface area contributed by atoms with Crippen LogP contribution in [-0.2, 0) is 4.79 Å². The van der Waals surface area contributed by atoms with Gasteiger partial charge in [-0.3, -0.25) is 15.6 Å². The lowest BCUT2D eigenvalue weighted by Gasteiger charge is -2.25. The van der Waals surface area contributed by atoms with E-state index in [1.807, 2.05) is 66.7 Å². The number of esters is 1. The average Bonchev–Trinajstić information content (AvgIpc) is 3.21. The van der Waals surface area contributed by atoms with Crippen LogP contribution in [0.15, 0.2) is 77.9 Å². The summed E-state index contributed by atoms with van der Waals surface area (Å²) < 4.78 is 16.3. The minimum Gasteiger partial charge on any atom is -0.497 e. The number of nitrogens with one attached hydrogen (secondary N) is 2. The van der Waals surface area contributed by atoms with Crippen molar-refractivity contribution >= 4 is 29.0 Å². The number of benzene rings is 3. The van der Waals surface area contributed by atoms with Gasteiger partial charge in [-0.1, -0.05) is 30.3 Å². The van der Waals surface area contributed by atoms with Gasteiger partial charge in [0.25, 0.3) is 0 Å². The quantitative estimate of drug-likeness (QED) is 0.119. The number of nitrogens with two attached hydrogens (primary N) is 1. The van der Waals surface area contributed by atoms with Crippen LogP contribution in [0.25, 0.3) is 0 Å². The van der Waals surface area contributed by atoms with Gasteiger partial charge in [0.1, 0.15) is 17.2 Å². The van der Waals surface area contributed by atoms with Gasteiger partial charge in [0.2, 0.25) is 5.11 Å². The molecule has 0 aromatic heterocycles. The number of hydrogen-bond acceptors (Lipinski definition) is 7. The Balaban J connectivity index is 1.90. The Morgan fingerprint density at radius 3 is 2.24 bits per heavy atom. The molecule has 34 heavy (non-hydrogen) atoms. The van der Waals surface area contributed by atoms with Crippen LogP contribution in [0, 0.1) is 0 Å². The van der Waals surface area contributed by atoms with Gasteiger partial charge in [0.05, 0.1) is 25.8 Å². The van der Waals surface area contributed by atoms with Crippen LogP contribution in [0.2, 0.25) is 0 Å². The SMILES string of the molecule is COc1ccc(/C(=N\NC(=S)NN)[C@@H](c2ccc(OC)cc2)[C@H]2C(=O)Oc3ccccc32)cc1. The van der Waals surface area contributed by atoms with Gasteiger partial charge in [-0.05, 0) is 65.8 Å². The number of fused-ring (bicyclic) bond motifs is 1. The molecule has 9 heteroatoms. The normalized spacial score (nSPS) is 15.7. The first kappa shape index (κ1) is 23.2. The molecule has 1 aliphatic heterocycles. The standard InChI is InChI=1S/C25H24N4O4S/c1-31-17-11-7-15(8-12-17)21(22-19-5-3-4-6-20(19)33-24(22)30)23(28-29-25(34)27-26)16-9-13-18(32-2)14-10-16/h3-14,21-22H,26H2,1-2H3,(H2,27,29,34)/b28-23+/t21-,22-/m0/s1. The van der Waals surface area contributed by atoms with E-state index in [9.17, 15) is 4.79 Å². The van der Waals surface area contributed by atoms with Crippen LogP contribution >= 0.6 is 12.2 Å². The molecule has 4 rings (SSSR count). The first-order chi connectivity index (χ1) is 16.5. The molecule has 4 N–H and O–H groups in total. The molecule has 2 atom stereocenters. The Hall–Kier alpha value is -3.95. The van der Waals surface area contributed by atoms with Crippen molar-refractivity contribution in [2.24, 2.45) is 10.9 Å². The largest absolute Gasteiger partial charge is 0.497 e. The van der Waals surface area contributed by atoms with E-state index in [1.165, 1.54) is 0 Å². The minimum atomic E-state index is -0.633.